The zero-order valence-corrected chi connectivity index (χ0v) is 15.4. The highest BCUT2D eigenvalue weighted by Crippen LogP contribution is 2.22. The van der Waals surface area contributed by atoms with Crippen molar-refractivity contribution in [3.63, 3.8) is 0 Å². The number of anilines is 2. The number of rotatable bonds is 4. The number of aromatic nitrogens is 1. The standard InChI is InChI=1S/C20H20N4O4/c1-14(25)23-8-10-24(11-9-23)16-6-4-15(5-7-16)21-20(26)17-13-19(28-22-17)18-3-2-12-27-18/h2-7,12-13H,8-11H2,1H3,(H,21,26). The lowest BCUT2D eigenvalue weighted by Gasteiger charge is -2.35. The zero-order valence-electron chi connectivity index (χ0n) is 15.4. The van der Waals surface area contributed by atoms with E-state index >= 15 is 0 Å². The first-order chi connectivity index (χ1) is 13.6. The van der Waals surface area contributed by atoms with Gasteiger partial charge in [0, 0.05) is 50.5 Å². The molecule has 0 aliphatic carbocycles. The fraction of sp³-hybridized carbons (Fsp3) is 0.250. The number of nitrogens with zero attached hydrogens (tertiary/aromatic N) is 3. The molecular formula is C20H20N4O4. The molecular weight excluding hydrogens is 360 g/mol. The van der Waals surface area contributed by atoms with Gasteiger partial charge in [-0.25, -0.2) is 0 Å². The molecule has 3 aromatic rings. The Labute approximate surface area is 161 Å². The number of nitrogens with one attached hydrogen (secondary N) is 1. The Morgan fingerprint density at radius 3 is 2.43 bits per heavy atom. The molecule has 1 aliphatic rings. The first-order valence-electron chi connectivity index (χ1n) is 9.02. The molecule has 0 bridgehead atoms. The molecule has 1 saturated heterocycles. The maximum absolute atomic E-state index is 12.4. The number of carbonyl (C=O) groups is 2. The Bertz CT molecular complexity index is 955. The van der Waals surface area contributed by atoms with Crippen molar-refractivity contribution in [2.24, 2.45) is 0 Å². The summed E-state index contributed by atoms with van der Waals surface area (Å²) in [5, 5.41) is 6.60. The molecule has 0 spiro atoms. The lowest BCUT2D eigenvalue weighted by molar-refractivity contribution is -0.129. The molecule has 8 heteroatoms. The number of benzene rings is 1. The summed E-state index contributed by atoms with van der Waals surface area (Å²) in [6, 6.07) is 12.6. The largest absolute Gasteiger partial charge is 0.461 e. The molecule has 0 radical (unpaired) electrons. The third kappa shape index (κ3) is 3.75. The molecule has 4 rings (SSSR count). The van der Waals surface area contributed by atoms with Gasteiger partial charge in [0.15, 0.2) is 11.5 Å². The summed E-state index contributed by atoms with van der Waals surface area (Å²) in [7, 11) is 0. The van der Waals surface area contributed by atoms with Gasteiger partial charge in [-0.05, 0) is 36.4 Å². The third-order valence-corrected chi connectivity index (χ3v) is 4.72. The van der Waals surface area contributed by atoms with Crippen LogP contribution in [0.1, 0.15) is 17.4 Å². The number of carbonyl (C=O) groups excluding carboxylic acids is 2. The first kappa shape index (κ1) is 17.8. The summed E-state index contributed by atoms with van der Waals surface area (Å²) in [5.41, 5.74) is 1.90. The van der Waals surface area contributed by atoms with Crippen LogP contribution in [0.3, 0.4) is 0 Å². The minimum atomic E-state index is -0.357. The van der Waals surface area contributed by atoms with Gasteiger partial charge in [-0.3, -0.25) is 9.59 Å². The lowest BCUT2D eigenvalue weighted by atomic mass is 10.2. The molecule has 144 valence electrons. The molecule has 0 unspecified atom stereocenters. The Hall–Kier alpha value is -3.55. The molecule has 0 saturated carbocycles. The summed E-state index contributed by atoms with van der Waals surface area (Å²) >= 11 is 0. The predicted octanol–water partition coefficient (Wildman–Crippen LogP) is 2.86. The second kappa shape index (κ2) is 7.59. The van der Waals surface area contributed by atoms with Crippen LogP contribution in [0.2, 0.25) is 0 Å². The van der Waals surface area contributed by atoms with E-state index in [0.29, 0.717) is 17.2 Å². The molecule has 3 heterocycles. The Morgan fingerprint density at radius 1 is 1.04 bits per heavy atom. The molecule has 8 nitrogen and oxygen atoms in total. The van der Waals surface area contributed by atoms with Crippen molar-refractivity contribution in [3.8, 4) is 11.5 Å². The Morgan fingerprint density at radius 2 is 1.79 bits per heavy atom. The number of hydrogen-bond donors (Lipinski definition) is 1. The minimum absolute atomic E-state index is 0.112. The summed E-state index contributed by atoms with van der Waals surface area (Å²) in [5.74, 6) is 0.668. The maximum atomic E-state index is 12.4. The van der Waals surface area contributed by atoms with E-state index in [4.69, 9.17) is 8.94 Å². The molecule has 2 aromatic heterocycles. The summed E-state index contributed by atoms with van der Waals surface area (Å²) in [4.78, 5) is 27.9. The normalized spacial score (nSPS) is 14.2. The van der Waals surface area contributed by atoms with Crippen molar-refractivity contribution in [3.05, 3.63) is 54.4 Å². The van der Waals surface area contributed by atoms with Gasteiger partial charge in [0.25, 0.3) is 5.91 Å². The SMILES string of the molecule is CC(=O)N1CCN(c2ccc(NC(=O)c3cc(-c4ccco4)on3)cc2)CC1. The van der Waals surface area contributed by atoms with Crippen LogP contribution in [0.5, 0.6) is 0 Å². The van der Waals surface area contributed by atoms with Crippen molar-refractivity contribution in [1.29, 1.82) is 0 Å². The van der Waals surface area contributed by atoms with Gasteiger partial charge in [-0.2, -0.15) is 0 Å². The van der Waals surface area contributed by atoms with Gasteiger partial charge in [0.1, 0.15) is 0 Å². The van der Waals surface area contributed by atoms with E-state index in [9.17, 15) is 9.59 Å². The van der Waals surface area contributed by atoms with Crippen LogP contribution in [-0.2, 0) is 4.79 Å². The average molecular weight is 380 g/mol. The third-order valence-electron chi connectivity index (χ3n) is 4.72. The smallest absolute Gasteiger partial charge is 0.277 e. The summed E-state index contributed by atoms with van der Waals surface area (Å²) in [6.07, 6.45) is 1.53. The van der Waals surface area contributed by atoms with Crippen LogP contribution < -0.4 is 10.2 Å². The predicted molar refractivity (Wildman–Crippen MR) is 103 cm³/mol. The lowest BCUT2D eigenvalue weighted by Crippen LogP contribution is -2.48. The average Bonchev–Trinajstić information content (AvgIpc) is 3.40. The van der Waals surface area contributed by atoms with Gasteiger partial charge in [-0.1, -0.05) is 5.16 Å². The fourth-order valence-electron chi connectivity index (χ4n) is 3.15. The molecule has 0 atom stereocenters. The van der Waals surface area contributed by atoms with Crippen LogP contribution in [0.25, 0.3) is 11.5 Å². The zero-order chi connectivity index (χ0) is 19.5. The van der Waals surface area contributed by atoms with E-state index in [0.717, 1.165) is 31.9 Å². The first-order valence-corrected chi connectivity index (χ1v) is 9.02. The second-order valence-electron chi connectivity index (χ2n) is 6.55. The Balaban J connectivity index is 1.37. The van der Waals surface area contributed by atoms with E-state index in [1.807, 2.05) is 29.2 Å². The topological polar surface area (TPSA) is 91.8 Å². The second-order valence-corrected chi connectivity index (χ2v) is 6.55. The van der Waals surface area contributed by atoms with Crippen LogP contribution in [0, 0.1) is 0 Å². The van der Waals surface area contributed by atoms with Crippen molar-refractivity contribution in [2.45, 2.75) is 6.92 Å². The number of amides is 2. The van der Waals surface area contributed by atoms with Gasteiger partial charge in [0.05, 0.1) is 6.26 Å². The van der Waals surface area contributed by atoms with Gasteiger partial charge < -0.3 is 24.1 Å². The van der Waals surface area contributed by atoms with Crippen molar-refractivity contribution in [1.82, 2.24) is 10.1 Å². The Kier molecular flexibility index (Phi) is 4.84. The van der Waals surface area contributed by atoms with Crippen LogP contribution >= 0.6 is 0 Å². The van der Waals surface area contributed by atoms with Crippen LogP contribution in [0.4, 0.5) is 11.4 Å². The van der Waals surface area contributed by atoms with Gasteiger partial charge in [0.2, 0.25) is 11.7 Å². The van der Waals surface area contributed by atoms with Crippen molar-refractivity contribution < 1.29 is 18.5 Å². The maximum Gasteiger partial charge on any atom is 0.277 e. The minimum Gasteiger partial charge on any atom is -0.461 e. The number of piperazine rings is 1. The van der Waals surface area contributed by atoms with Crippen LogP contribution in [-0.4, -0.2) is 48.0 Å². The molecule has 1 N–H and O–H groups in total. The highest BCUT2D eigenvalue weighted by Gasteiger charge is 2.19. The highest BCUT2D eigenvalue weighted by molar-refractivity contribution is 6.03. The van der Waals surface area contributed by atoms with Crippen molar-refractivity contribution in [2.75, 3.05) is 36.4 Å². The number of furan rings is 1. The summed E-state index contributed by atoms with van der Waals surface area (Å²) in [6.45, 7) is 4.62. The van der Waals surface area contributed by atoms with E-state index in [2.05, 4.69) is 15.4 Å². The van der Waals surface area contributed by atoms with E-state index in [1.165, 1.54) is 12.3 Å². The van der Waals surface area contributed by atoms with E-state index in [1.54, 1.807) is 19.1 Å². The molecule has 1 fully saturated rings. The number of hydrogen-bond acceptors (Lipinski definition) is 6. The van der Waals surface area contributed by atoms with Crippen LogP contribution in [0.15, 0.2) is 57.7 Å². The molecule has 2 amide bonds. The highest BCUT2D eigenvalue weighted by atomic mass is 16.5. The van der Waals surface area contributed by atoms with Crippen molar-refractivity contribution >= 4 is 23.2 Å². The van der Waals surface area contributed by atoms with E-state index < -0.39 is 0 Å². The monoisotopic (exact) mass is 380 g/mol. The fourth-order valence-corrected chi connectivity index (χ4v) is 3.15. The van der Waals surface area contributed by atoms with E-state index in [-0.39, 0.29) is 17.5 Å². The van der Waals surface area contributed by atoms with Gasteiger partial charge >= 0.3 is 0 Å². The molecule has 28 heavy (non-hydrogen) atoms. The molecule has 1 aromatic carbocycles. The molecule has 1 aliphatic heterocycles. The van der Waals surface area contributed by atoms with Gasteiger partial charge in [-0.15, -0.1) is 0 Å². The summed E-state index contributed by atoms with van der Waals surface area (Å²) < 4.78 is 10.4. The quantitative estimate of drug-likeness (QED) is 0.748.